The fourth-order valence-corrected chi connectivity index (χ4v) is 8.33. The van der Waals surface area contributed by atoms with Crippen molar-refractivity contribution in [3.63, 3.8) is 0 Å². The number of phenols is 3. The van der Waals surface area contributed by atoms with Crippen molar-refractivity contribution in [2.24, 2.45) is 0 Å². The summed E-state index contributed by atoms with van der Waals surface area (Å²) < 4.78 is 17.2. The first-order valence-electron chi connectivity index (χ1n) is 23.9. The van der Waals surface area contributed by atoms with Crippen molar-refractivity contribution < 1.29 is 58.3 Å². The first-order valence-corrected chi connectivity index (χ1v) is 23.9. The molecule has 0 atom stereocenters. The standard InChI is InChI=1S/C57H59N3O12/c1-7-58(8-2)36-25-28-46(49(61)31-36)52(64)40-19-13-16-22-43(40)55(67)70-34-39(72-57(69)45-24-18-15-21-42(45)54(66)48-30-27-38(33-51(48)63)60(11-5)12-6)35-71-56(68)44-23-17-14-20-41(44)53(65)47-29-26-37(32-50(47)62)59(9-3)10-4/h13-33,39,61-63H,7-12,34-35H2,1-6H3. The third-order valence-corrected chi connectivity index (χ3v) is 12.3. The van der Waals surface area contributed by atoms with Crippen molar-refractivity contribution in [2.75, 3.05) is 67.2 Å². The van der Waals surface area contributed by atoms with Crippen LogP contribution in [0.2, 0.25) is 0 Å². The Bertz CT molecular complexity index is 2820. The summed E-state index contributed by atoms with van der Waals surface area (Å²) in [5.41, 5.74) is 1.01. The summed E-state index contributed by atoms with van der Waals surface area (Å²) in [7, 11) is 0. The summed E-state index contributed by atoms with van der Waals surface area (Å²) in [5.74, 6) is -6.03. The van der Waals surface area contributed by atoms with Gasteiger partial charge in [0, 0.05) is 91.2 Å². The van der Waals surface area contributed by atoms with E-state index in [9.17, 15) is 44.1 Å². The highest BCUT2D eigenvalue weighted by Crippen LogP contribution is 2.31. The molecular formula is C57H59N3O12. The smallest absolute Gasteiger partial charge is 0.339 e. The summed E-state index contributed by atoms with van der Waals surface area (Å²) in [5, 5.41) is 32.9. The van der Waals surface area contributed by atoms with Crippen LogP contribution in [0, 0.1) is 0 Å². The van der Waals surface area contributed by atoms with Crippen LogP contribution in [0.25, 0.3) is 0 Å². The molecule has 0 spiro atoms. The lowest BCUT2D eigenvalue weighted by Gasteiger charge is -2.22. The van der Waals surface area contributed by atoms with Crippen molar-refractivity contribution >= 4 is 52.3 Å². The first kappa shape index (κ1) is 52.9. The molecule has 0 unspecified atom stereocenters. The largest absolute Gasteiger partial charge is 0.507 e. The summed E-state index contributed by atoms with van der Waals surface area (Å²) in [4.78, 5) is 89.8. The maximum Gasteiger partial charge on any atom is 0.339 e. The topological polar surface area (TPSA) is 201 Å². The third kappa shape index (κ3) is 11.9. The maximum absolute atomic E-state index is 14.2. The molecule has 3 N–H and O–H groups in total. The molecule has 15 nitrogen and oxygen atoms in total. The monoisotopic (exact) mass is 977 g/mol. The minimum atomic E-state index is -1.55. The molecule has 72 heavy (non-hydrogen) atoms. The van der Waals surface area contributed by atoms with E-state index in [0.717, 1.165) is 0 Å². The first-order chi connectivity index (χ1) is 34.7. The molecule has 6 aromatic carbocycles. The molecule has 0 aliphatic carbocycles. The second kappa shape index (κ2) is 24.4. The van der Waals surface area contributed by atoms with Crippen molar-refractivity contribution in [1.82, 2.24) is 0 Å². The van der Waals surface area contributed by atoms with Crippen molar-refractivity contribution in [1.29, 1.82) is 0 Å². The molecule has 0 aliphatic rings. The highest BCUT2D eigenvalue weighted by atomic mass is 16.6. The van der Waals surface area contributed by atoms with E-state index in [-0.39, 0.29) is 67.3 Å². The van der Waals surface area contributed by atoms with E-state index in [2.05, 4.69) is 0 Å². The molecule has 6 aromatic rings. The molecule has 374 valence electrons. The molecule has 15 heteroatoms. The van der Waals surface area contributed by atoms with Gasteiger partial charge in [-0.05, 0) is 96.1 Å². The average molecular weight is 978 g/mol. The number of esters is 3. The van der Waals surface area contributed by atoms with Crippen LogP contribution in [-0.4, -0.2) is 109 Å². The number of ether oxygens (including phenoxy) is 3. The highest BCUT2D eigenvalue weighted by Gasteiger charge is 2.29. The minimum absolute atomic E-state index is 0.0585. The van der Waals surface area contributed by atoms with Gasteiger partial charge in [0.2, 0.25) is 0 Å². The Morgan fingerprint density at radius 3 is 0.903 bits per heavy atom. The van der Waals surface area contributed by atoms with Gasteiger partial charge in [-0.15, -0.1) is 0 Å². The lowest BCUT2D eigenvalue weighted by atomic mass is 9.97. The number of hydrogen-bond donors (Lipinski definition) is 3. The van der Waals surface area contributed by atoms with E-state index in [4.69, 9.17) is 14.2 Å². The zero-order valence-corrected chi connectivity index (χ0v) is 41.2. The Kier molecular flexibility index (Phi) is 17.9. The highest BCUT2D eigenvalue weighted by molar-refractivity contribution is 6.17. The predicted octanol–water partition coefficient (Wildman–Crippen LogP) is 9.27. The molecule has 6 rings (SSSR count). The second-order valence-corrected chi connectivity index (χ2v) is 16.5. The molecule has 0 saturated heterocycles. The Labute approximate surface area is 418 Å². The van der Waals surface area contributed by atoms with E-state index < -0.39 is 54.6 Å². The average Bonchev–Trinajstić information content (AvgIpc) is 3.39. The SMILES string of the molecule is CCN(CC)c1ccc(C(=O)c2ccccc2C(=O)OCC(COC(=O)c2ccccc2C(=O)c2ccc(N(CC)CC)cc2O)OC(=O)c2ccccc2C(=O)c2ccc(N(CC)CC)cc2O)c(O)c1. The van der Waals surface area contributed by atoms with Gasteiger partial charge in [-0.3, -0.25) is 14.4 Å². The summed E-state index contributed by atoms with van der Waals surface area (Å²) in [6.07, 6.45) is -1.55. The number of benzene rings is 6. The Morgan fingerprint density at radius 2 is 0.639 bits per heavy atom. The van der Waals surface area contributed by atoms with Crippen LogP contribution in [0.1, 0.15) is 120 Å². The lowest BCUT2D eigenvalue weighted by molar-refractivity contribution is -0.0254. The number of aromatic hydroxyl groups is 3. The van der Waals surface area contributed by atoms with Gasteiger partial charge in [0.05, 0.1) is 33.4 Å². The molecule has 0 aromatic heterocycles. The number of carbonyl (C=O) groups is 6. The van der Waals surface area contributed by atoms with Crippen molar-refractivity contribution in [3.8, 4) is 17.2 Å². The predicted molar refractivity (Wildman–Crippen MR) is 274 cm³/mol. The normalized spacial score (nSPS) is 10.9. The fourth-order valence-electron chi connectivity index (χ4n) is 8.33. The summed E-state index contributed by atoms with van der Waals surface area (Å²) in [6, 6.07) is 31.3. The molecule has 0 heterocycles. The summed E-state index contributed by atoms with van der Waals surface area (Å²) in [6.45, 7) is 14.3. The number of rotatable bonds is 23. The van der Waals surface area contributed by atoms with Crippen LogP contribution in [0.4, 0.5) is 17.1 Å². The van der Waals surface area contributed by atoms with Gasteiger partial charge < -0.3 is 44.2 Å². The zero-order chi connectivity index (χ0) is 52.1. The quantitative estimate of drug-likeness (QED) is 0.0311. The second-order valence-electron chi connectivity index (χ2n) is 16.5. The number of anilines is 3. The molecule has 0 fully saturated rings. The molecule has 0 aliphatic heterocycles. The molecule has 0 radical (unpaired) electrons. The van der Waals surface area contributed by atoms with Gasteiger partial charge in [-0.2, -0.15) is 0 Å². The van der Waals surface area contributed by atoms with Crippen LogP contribution < -0.4 is 14.7 Å². The van der Waals surface area contributed by atoms with Crippen LogP contribution in [0.3, 0.4) is 0 Å². The third-order valence-electron chi connectivity index (χ3n) is 12.3. The minimum Gasteiger partial charge on any atom is -0.507 e. The number of ketones is 3. The van der Waals surface area contributed by atoms with Crippen LogP contribution in [0.15, 0.2) is 127 Å². The van der Waals surface area contributed by atoms with Crippen LogP contribution in [0.5, 0.6) is 17.2 Å². The van der Waals surface area contributed by atoms with Gasteiger partial charge >= 0.3 is 17.9 Å². The zero-order valence-electron chi connectivity index (χ0n) is 41.2. The molecule has 0 saturated carbocycles. The van der Waals surface area contributed by atoms with Crippen LogP contribution in [-0.2, 0) is 14.2 Å². The Balaban J connectivity index is 1.28. The van der Waals surface area contributed by atoms with E-state index >= 15 is 0 Å². The molecule has 0 bridgehead atoms. The molecule has 0 amide bonds. The van der Waals surface area contributed by atoms with E-state index in [0.29, 0.717) is 56.3 Å². The van der Waals surface area contributed by atoms with Gasteiger partial charge in [0.15, 0.2) is 23.5 Å². The van der Waals surface area contributed by atoms with Gasteiger partial charge in [-0.25, -0.2) is 14.4 Å². The molecular weight excluding hydrogens is 919 g/mol. The van der Waals surface area contributed by atoms with Gasteiger partial charge in [-0.1, -0.05) is 54.6 Å². The van der Waals surface area contributed by atoms with Crippen LogP contribution >= 0.6 is 0 Å². The van der Waals surface area contributed by atoms with Crippen molar-refractivity contribution in [2.45, 2.75) is 47.6 Å². The number of nitrogens with zero attached hydrogens (tertiary/aromatic N) is 3. The number of carbonyl (C=O) groups excluding carboxylic acids is 6. The fraction of sp³-hybridized carbons (Fsp3) is 0.263. The van der Waals surface area contributed by atoms with Gasteiger partial charge in [0.1, 0.15) is 30.5 Å². The number of hydrogen-bond acceptors (Lipinski definition) is 15. The Hall–Kier alpha value is -8.46. The van der Waals surface area contributed by atoms with E-state index in [1.54, 1.807) is 30.3 Å². The number of phenolic OH excluding ortho intramolecular Hbond substituents is 3. The van der Waals surface area contributed by atoms with E-state index in [1.807, 2.05) is 56.2 Å². The lowest BCUT2D eigenvalue weighted by Crippen LogP contribution is -2.32. The maximum atomic E-state index is 14.2. The van der Waals surface area contributed by atoms with E-state index in [1.165, 1.54) is 97.1 Å². The Morgan fingerprint density at radius 1 is 0.375 bits per heavy atom. The summed E-state index contributed by atoms with van der Waals surface area (Å²) >= 11 is 0. The van der Waals surface area contributed by atoms with Gasteiger partial charge in [0.25, 0.3) is 0 Å². The van der Waals surface area contributed by atoms with Crippen molar-refractivity contribution in [3.05, 3.63) is 177 Å².